The second-order valence-corrected chi connectivity index (χ2v) is 8.29. The summed E-state index contributed by atoms with van der Waals surface area (Å²) < 4.78 is 29.6. The van der Waals surface area contributed by atoms with Crippen molar-refractivity contribution in [1.29, 1.82) is 0 Å². The van der Waals surface area contributed by atoms with Gasteiger partial charge in [-0.2, -0.15) is 8.42 Å². The molecule has 0 atom stereocenters. The van der Waals surface area contributed by atoms with Crippen LogP contribution in [0.3, 0.4) is 0 Å². The van der Waals surface area contributed by atoms with Crippen molar-refractivity contribution in [1.82, 2.24) is 0 Å². The van der Waals surface area contributed by atoms with Gasteiger partial charge in [-0.15, -0.1) is 0 Å². The Hall–Kier alpha value is -3.78. The molecule has 4 aromatic rings. The quantitative estimate of drug-likeness (QED) is 0.202. The third kappa shape index (κ3) is 3.99. The maximum Gasteiger partial charge on any atom is 0.354 e. The molecule has 0 fully saturated rings. The molecule has 0 aliphatic rings. The molecule has 30 heavy (non-hydrogen) atoms. The third-order valence-corrected chi connectivity index (χ3v) is 5.75. The summed E-state index contributed by atoms with van der Waals surface area (Å²) in [5.74, 6) is -1.55. The smallest absolute Gasteiger partial charge is 0.341 e. The van der Waals surface area contributed by atoms with Gasteiger partial charge >= 0.3 is 16.1 Å². The van der Waals surface area contributed by atoms with Crippen LogP contribution in [0.4, 0.5) is 5.69 Å². The van der Waals surface area contributed by atoms with Gasteiger partial charge in [-0.3, -0.25) is 10.1 Å². The largest absolute Gasteiger partial charge is 0.354 e. The van der Waals surface area contributed by atoms with Crippen molar-refractivity contribution in [3.05, 3.63) is 100 Å². The van der Waals surface area contributed by atoms with E-state index in [4.69, 9.17) is 4.18 Å². The summed E-state index contributed by atoms with van der Waals surface area (Å²) in [6.45, 7) is 0. The Morgan fingerprint density at radius 1 is 0.867 bits per heavy atom. The SMILES string of the molecule is O=C(OS(=O)(=O)Cc1ccc([N+](=O)[O-])cc1)c1cccc2cc3ccccc3cc12. The normalized spacial score (nSPS) is 11.5. The van der Waals surface area contributed by atoms with E-state index in [0.29, 0.717) is 5.39 Å². The Bertz CT molecular complexity index is 1390. The summed E-state index contributed by atoms with van der Waals surface area (Å²) in [5.41, 5.74) is 0.263. The highest BCUT2D eigenvalue weighted by molar-refractivity contribution is 7.86. The number of fused-ring (bicyclic) bond motifs is 2. The van der Waals surface area contributed by atoms with E-state index in [1.54, 1.807) is 6.07 Å². The Morgan fingerprint density at radius 2 is 1.50 bits per heavy atom. The molecule has 4 rings (SSSR count). The van der Waals surface area contributed by atoms with Crippen molar-refractivity contribution in [3.63, 3.8) is 0 Å². The van der Waals surface area contributed by atoms with Gasteiger partial charge in [-0.1, -0.05) is 48.5 Å². The molecule has 0 saturated carbocycles. The molecule has 150 valence electrons. The van der Waals surface area contributed by atoms with Crippen LogP contribution in [0.15, 0.2) is 78.9 Å². The van der Waals surface area contributed by atoms with Gasteiger partial charge < -0.3 is 4.18 Å². The van der Waals surface area contributed by atoms with Crippen molar-refractivity contribution in [3.8, 4) is 0 Å². The summed E-state index contributed by atoms with van der Waals surface area (Å²) in [4.78, 5) is 22.8. The van der Waals surface area contributed by atoms with E-state index in [-0.39, 0.29) is 16.8 Å². The molecule has 0 amide bonds. The Kier molecular flexibility index (Phi) is 4.93. The zero-order chi connectivity index (χ0) is 21.3. The Labute approximate surface area is 171 Å². The lowest BCUT2D eigenvalue weighted by molar-refractivity contribution is -0.384. The average molecular weight is 421 g/mol. The number of hydrogen-bond donors (Lipinski definition) is 0. The number of non-ortho nitro benzene ring substituents is 1. The van der Waals surface area contributed by atoms with Crippen molar-refractivity contribution < 1.29 is 22.3 Å². The number of nitro benzene ring substituents is 1. The average Bonchev–Trinajstić information content (AvgIpc) is 2.71. The summed E-state index contributed by atoms with van der Waals surface area (Å²) in [5, 5.41) is 14.0. The highest BCUT2D eigenvalue weighted by atomic mass is 32.2. The number of carbonyl (C=O) groups excluding carboxylic acids is 1. The van der Waals surface area contributed by atoms with Gasteiger partial charge in [-0.05, 0) is 45.3 Å². The van der Waals surface area contributed by atoms with Crippen molar-refractivity contribution >= 4 is 43.3 Å². The summed E-state index contributed by atoms with van der Waals surface area (Å²) >= 11 is 0. The fourth-order valence-corrected chi connectivity index (χ4v) is 4.23. The molecular weight excluding hydrogens is 406 g/mol. The van der Waals surface area contributed by atoms with Crippen molar-refractivity contribution in [2.75, 3.05) is 0 Å². The van der Waals surface area contributed by atoms with Crippen LogP contribution in [0.1, 0.15) is 15.9 Å². The lowest BCUT2D eigenvalue weighted by Gasteiger charge is -2.09. The maximum absolute atomic E-state index is 12.7. The second-order valence-electron chi connectivity index (χ2n) is 6.72. The molecule has 0 radical (unpaired) electrons. The molecule has 0 saturated heterocycles. The standard InChI is InChI=1S/C22H15NO6S/c24-22(29-30(27,28)14-15-8-10-19(11-9-15)23(25)26)20-7-3-6-18-12-16-4-1-2-5-17(16)13-21(18)20/h1-13H,14H2. The number of nitro groups is 1. The summed E-state index contributed by atoms with van der Waals surface area (Å²) in [7, 11) is -4.25. The van der Waals surface area contributed by atoms with Crippen LogP contribution in [-0.2, 0) is 20.1 Å². The second kappa shape index (κ2) is 7.57. The first-order chi connectivity index (χ1) is 14.3. The van der Waals surface area contributed by atoms with Gasteiger partial charge in [0.15, 0.2) is 0 Å². The Morgan fingerprint density at radius 3 is 2.17 bits per heavy atom. The molecule has 0 heterocycles. The zero-order valence-electron chi connectivity index (χ0n) is 15.5. The number of benzene rings is 4. The van der Waals surface area contributed by atoms with E-state index in [1.165, 1.54) is 30.3 Å². The molecular formula is C22H15NO6S. The first-order valence-corrected chi connectivity index (χ1v) is 10.5. The van der Waals surface area contributed by atoms with Gasteiger partial charge in [0.05, 0.1) is 10.5 Å². The van der Waals surface area contributed by atoms with Crippen molar-refractivity contribution in [2.45, 2.75) is 5.75 Å². The molecule has 0 bridgehead atoms. The molecule has 7 nitrogen and oxygen atoms in total. The molecule has 0 aliphatic carbocycles. The molecule has 0 unspecified atom stereocenters. The predicted octanol–water partition coefficient (Wildman–Crippen LogP) is 4.59. The van der Waals surface area contributed by atoms with Gasteiger partial charge in [0.25, 0.3) is 5.69 Å². The van der Waals surface area contributed by atoms with E-state index in [2.05, 4.69) is 0 Å². The summed E-state index contributed by atoms with van der Waals surface area (Å²) in [6.07, 6.45) is 0. The number of carbonyl (C=O) groups is 1. The highest BCUT2D eigenvalue weighted by Gasteiger charge is 2.21. The molecule has 0 N–H and O–H groups in total. The highest BCUT2D eigenvalue weighted by Crippen LogP contribution is 2.26. The number of nitrogens with zero attached hydrogens (tertiary/aromatic N) is 1. The lowest BCUT2D eigenvalue weighted by Crippen LogP contribution is -2.15. The molecule has 8 heteroatoms. The van der Waals surface area contributed by atoms with E-state index in [1.807, 2.05) is 42.5 Å². The van der Waals surface area contributed by atoms with Gasteiger partial charge in [0.1, 0.15) is 5.75 Å². The van der Waals surface area contributed by atoms with Crippen LogP contribution < -0.4 is 0 Å². The van der Waals surface area contributed by atoms with Crippen LogP contribution in [0.25, 0.3) is 21.5 Å². The van der Waals surface area contributed by atoms with Gasteiger partial charge in [-0.25, -0.2) is 4.79 Å². The van der Waals surface area contributed by atoms with Crippen molar-refractivity contribution in [2.24, 2.45) is 0 Å². The fraction of sp³-hybridized carbons (Fsp3) is 0.0455. The van der Waals surface area contributed by atoms with Crippen LogP contribution in [0.5, 0.6) is 0 Å². The zero-order valence-corrected chi connectivity index (χ0v) is 16.3. The van der Waals surface area contributed by atoms with Crippen LogP contribution in [-0.4, -0.2) is 19.3 Å². The van der Waals surface area contributed by atoms with Gasteiger partial charge in [0, 0.05) is 12.1 Å². The minimum absolute atomic E-state index is 0.144. The molecule has 0 aromatic heterocycles. The van der Waals surface area contributed by atoms with Crippen LogP contribution in [0.2, 0.25) is 0 Å². The minimum Gasteiger partial charge on any atom is -0.341 e. The number of hydrogen-bond acceptors (Lipinski definition) is 6. The first kappa shape index (κ1) is 19.5. The minimum atomic E-state index is -4.25. The first-order valence-electron chi connectivity index (χ1n) is 8.94. The molecule has 4 aromatic carbocycles. The topological polar surface area (TPSA) is 104 Å². The van der Waals surface area contributed by atoms with E-state index >= 15 is 0 Å². The van der Waals surface area contributed by atoms with Crippen LogP contribution in [0, 0.1) is 10.1 Å². The van der Waals surface area contributed by atoms with Gasteiger partial charge in [0.2, 0.25) is 0 Å². The lowest BCUT2D eigenvalue weighted by atomic mass is 10.00. The van der Waals surface area contributed by atoms with E-state index in [9.17, 15) is 23.3 Å². The monoisotopic (exact) mass is 421 g/mol. The van der Waals surface area contributed by atoms with E-state index < -0.39 is 26.8 Å². The predicted molar refractivity (Wildman–Crippen MR) is 113 cm³/mol. The number of rotatable bonds is 5. The van der Waals surface area contributed by atoms with Crippen LogP contribution >= 0.6 is 0 Å². The molecule has 0 aliphatic heterocycles. The summed E-state index contributed by atoms with van der Waals surface area (Å²) in [6, 6.07) is 21.4. The molecule has 0 spiro atoms. The Balaban J connectivity index is 1.61. The van der Waals surface area contributed by atoms with E-state index in [0.717, 1.165) is 16.2 Å². The third-order valence-electron chi connectivity index (χ3n) is 4.66. The maximum atomic E-state index is 12.7. The fourth-order valence-electron chi connectivity index (χ4n) is 3.25.